The van der Waals surface area contributed by atoms with Crippen molar-refractivity contribution in [3.8, 4) is 0 Å². The molecule has 1 aromatic carbocycles. The zero-order chi connectivity index (χ0) is 12.4. The second-order valence-corrected chi connectivity index (χ2v) is 4.63. The molecular formula is C13H16N4O. The Morgan fingerprint density at radius 1 is 1.33 bits per heavy atom. The van der Waals surface area contributed by atoms with Crippen LogP contribution in [-0.4, -0.2) is 29.7 Å². The van der Waals surface area contributed by atoms with E-state index in [0.29, 0.717) is 12.3 Å². The van der Waals surface area contributed by atoms with Crippen LogP contribution in [-0.2, 0) is 4.79 Å². The summed E-state index contributed by atoms with van der Waals surface area (Å²) in [5.41, 5.74) is 2.80. The predicted octanol–water partition coefficient (Wildman–Crippen LogP) is 1.60. The second-order valence-electron chi connectivity index (χ2n) is 4.63. The minimum absolute atomic E-state index is 0.530. The molecule has 3 N–H and O–H groups in total. The van der Waals surface area contributed by atoms with E-state index in [1.54, 1.807) is 0 Å². The van der Waals surface area contributed by atoms with Crippen molar-refractivity contribution in [2.24, 2.45) is 0 Å². The van der Waals surface area contributed by atoms with Crippen LogP contribution in [0.4, 0.5) is 5.69 Å². The van der Waals surface area contributed by atoms with Crippen LogP contribution in [0.3, 0.4) is 0 Å². The Morgan fingerprint density at radius 2 is 2.17 bits per heavy atom. The minimum Gasteiger partial charge on any atom is -0.327 e. The lowest BCUT2D eigenvalue weighted by Gasteiger charge is -2.21. The number of nitrogens with one attached hydrogen (secondary N) is 3. The smallest absolute Gasteiger partial charge is 0.211 e. The molecule has 5 heteroatoms. The number of benzene rings is 1. The Labute approximate surface area is 105 Å². The van der Waals surface area contributed by atoms with Crippen LogP contribution in [0.2, 0.25) is 0 Å². The second kappa shape index (κ2) is 4.78. The molecule has 5 nitrogen and oxygen atoms in total. The number of amides is 1. The summed E-state index contributed by atoms with van der Waals surface area (Å²) < 4.78 is 0. The van der Waals surface area contributed by atoms with Gasteiger partial charge in [0.2, 0.25) is 6.41 Å². The Bertz CT molecular complexity index is 557. The molecule has 2 heterocycles. The largest absolute Gasteiger partial charge is 0.327 e. The maximum atomic E-state index is 10.6. The number of fused-ring (bicyclic) bond motifs is 1. The van der Waals surface area contributed by atoms with Gasteiger partial charge in [0, 0.05) is 17.0 Å². The fourth-order valence-corrected chi connectivity index (χ4v) is 2.66. The highest BCUT2D eigenvalue weighted by Crippen LogP contribution is 2.31. The van der Waals surface area contributed by atoms with Gasteiger partial charge in [-0.3, -0.25) is 9.89 Å². The quantitative estimate of drug-likeness (QED) is 0.718. The van der Waals surface area contributed by atoms with Crippen molar-refractivity contribution < 1.29 is 4.79 Å². The predicted molar refractivity (Wildman–Crippen MR) is 70.6 cm³/mol. The van der Waals surface area contributed by atoms with Gasteiger partial charge in [-0.2, -0.15) is 5.10 Å². The average Bonchev–Trinajstić information content (AvgIpc) is 2.85. The van der Waals surface area contributed by atoms with Crippen LogP contribution in [0.1, 0.15) is 24.5 Å². The number of carbonyl (C=O) groups excluding carboxylic acids is 1. The maximum absolute atomic E-state index is 10.6. The summed E-state index contributed by atoms with van der Waals surface area (Å²) in [7, 11) is 0. The van der Waals surface area contributed by atoms with Gasteiger partial charge in [0.25, 0.3) is 0 Å². The third-order valence-electron chi connectivity index (χ3n) is 3.58. The van der Waals surface area contributed by atoms with Crippen LogP contribution < -0.4 is 10.6 Å². The van der Waals surface area contributed by atoms with Gasteiger partial charge in [-0.1, -0.05) is 12.1 Å². The molecule has 0 saturated carbocycles. The van der Waals surface area contributed by atoms with Crippen molar-refractivity contribution >= 4 is 23.0 Å². The van der Waals surface area contributed by atoms with Crippen LogP contribution in [0.15, 0.2) is 18.2 Å². The monoisotopic (exact) mass is 244 g/mol. The van der Waals surface area contributed by atoms with Crippen molar-refractivity contribution in [2.75, 3.05) is 18.4 Å². The van der Waals surface area contributed by atoms with Gasteiger partial charge in [0.15, 0.2) is 0 Å². The van der Waals surface area contributed by atoms with E-state index < -0.39 is 0 Å². The van der Waals surface area contributed by atoms with E-state index >= 15 is 0 Å². The molecule has 1 fully saturated rings. The maximum Gasteiger partial charge on any atom is 0.211 e. The number of nitrogens with zero attached hydrogens (tertiary/aromatic N) is 1. The first-order valence-corrected chi connectivity index (χ1v) is 6.28. The molecule has 2 aromatic rings. The van der Waals surface area contributed by atoms with Crippen molar-refractivity contribution in [1.29, 1.82) is 0 Å². The molecule has 1 aliphatic heterocycles. The molecule has 94 valence electrons. The van der Waals surface area contributed by atoms with E-state index in [4.69, 9.17) is 0 Å². The molecule has 18 heavy (non-hydrogen) atoms. The Kier molecular flexibility index (Phi) is 2.98. The zero-order valence-corrected chi connectivity index (χ0v) is 10.1. The molecule has 1 saturated heterocycles. The number of aromatic amines is 1. The fourth-order valence-electron chi connectivity index (χ4n) is 2.66. The van der Waals surface area contributed by atoms with Crippen molar-refractivity contribution in [3.63, 3.8) is 0 Å². The van der Waals surface area contributed by atoms with Crippen LogP contribution in [0.5, 0.6) is 0 Å². The summed E-state index contributed by atoms with van der Waals surface area (Å²) in [6.45, 7) is 2.11. The van der Waals surface area contributed by atoms with Gasteiger partial charge in [-0.15, -0.1) is 0 Å². The van der Waals surface area contributed by atoms with Gasteiger partial charge in [-0.25, -0.2) is 0 Å². The van der Waals surface area contributed by atoms with Crippen LogP contribution >= 0.6 is 0 Å². The number of carbonyl (C=O) groups is 1. The minimum atomic E-state index is 0.530. The molecule has 1 amide bonds. The van der Waals surface area contributed by atoms with Gasteiger partial charge in [-0.05, 0) is 32.0 Å². The summed E-state index contributed by atoms with van der Waals surface area (Å²) in [6.07, 6.45) is 2.94. The van der Waals surface area contributed by atoms with Gasteiger partial charge >= 0.3 is 0 Å². The standard InChI is InChI=1S/C13H16N4O/c18-8-15-11-3-1-2-10-12(16-17-13(10)11)9-4-6-14-7-5-9/h1-3,8-9,14H,4-7H2,(H,15,18)(H,16,17). The number of H-pyrrole nitrogens is 1. The SMILES string of the molecule is O=CNc1cccc2c(C3CCNCC3)[nH]nc12. The number of hydrogen-bond acceptors (Lipinski definition) is 3. The molecule has 0 unspecified atom stereocenters. The van der Waals surface area contributed by atoms with E-state index in [-0.39, 0.29) is 0 Å². The topological polar surface area (TPSA) is 69.8 Å². The molecule has 1 aliphatic rings. The van der Waals surface area contributed by atoms with Gasteiger partial charge in [0.1, 0.15) is 5.52 Å². The highest BCUT2D eigenvalue weighted by Gasteiger charge is 2.20. The summed E-state index contributed by atoms with van der Waals surface area (Å²) >= 11 is 0. The molecule has 3 rings (SSSR count). The Hall–Kier alpha value is -1.88. The summed E-state index contributed by atoms with van der Waals surface area (Å²) in [6, 6.07) is 5.88. The number of piperidine rings is 1. The average molecular weight is 244 g/mol. The van der Waals surface area contributed by atoms with E-state index in [9.17, 15) is 4.79 Å². The van der Waals surface area contributed by atoms with Crippen molar-refractivity contribution in [1.82, 2.24) is 15.5 Å². The fraction of sp³-hybridized carbons (Fsp3) is 0.385. The third kappa shape index (κ3) is 1.86. The number of anilines is 1. The lowest BCUT2D eigenvalue weighted by molar-refractivity contribution is -0.105. The lowest BCUT2D eigenvalue weighted by atomic mass is 9.92. The number of hydrogen-bond donors (Lipinski definition) is 3. The van der Waals surface area contributed by atoms with E-state index in [2.05, 4.69) is 26.9 Å². The molecular weight excluding hydrogens is 228 g/mol. The van der Waals surface area contributed by atoms with E-state index in [0.717, 1.165) is 42.5 Å². The number of rotatable bonds is 3. The summed E-state index contributed by atoms with van der Waals surface area (Å²) in [4.78, 5) is 10.6. The lowest BCUT2D eigenvalue weighted by Crippen LogP contribution is -2.26. The molecule has 1 aromatic heterocycles. The van der Waals surface area contributed by atoms with Crippen molar-refractivity contribution in [3.05, 3.63) is 23.9 Å². The molecule has 0 aliphatic carbocycles. The molecule has 0 atom stereocenters. The summed E-state index contributed by atoms with van der Waals surface area (Å²) in [5.74, 6) is 0.530. The Balaban J connectivity index is 2.03. The third-order valence-corrected chi connectivity index (χ3v) is 3.58. The van der Waals surface area contributed by atoms with Gasteiger partial charge < -0.3 is 10.6 Å². The number of aromatic nitrogens is 2. The van der Waals surface area contributed by atoms with Crippen molar-refractivity contribution in [2.45, 2.75) is 18.8 Å². The Morgan fingerprint density at radius 3 is 2.94 bits per heavy atom. The molecule has 0 bridgehead atoms. The first kappa shape index (κ1) is 11.2. The molecule has 0 spiro atoms. The first-order valence-electron chi connectivity index (χ1n) is 6.28. The first-order chi connectivity index (χ1) is 8.90. The highest BCUT2D eigenvalue weighted by atomic mass is 16.1. The van der Waals surface area contributed by atoms with E-state index in [1.807, 2.05) is 12.1 Å². The van der Waals surface area contributed by atoms with E-state index in [1.165, 1.54) is 5.69 Å². The zero-order valence-electron chi connectivity index (χ0n) is 10.1. The number of para-hydroxylation sites is 1. The molecule has 0 radical (unpaired) electrons. The van der Waals surface area contributed by atoms with Crippen LogP contribution in [0.25, 0.3) is 10.9 Å². The highest BCUT2D eigenvalue weighted by molar-refractivity contribution is 5.95. The summed E-state index contributed by atoms with van der Waals surface area (Å²) in [5, 5.41) is 14.7. The normalized spacial score (nSPS) is 16.9. The van der Waals surface area contributed by atoms with Crippen LogP contribution in [0, 0.1) is 0 Å². The van der Waals surface area contributed by atoms with Gasteiger partial charge in [0.05, 0.1) is 5.69 Å².